The smallest absolute Gasteiger partial charge is 0.162 e. The fraction of sp³-hybridized carbons (Fsp3) is 0.600. The normalized spacial score (nSPS) is 23.1. The van der Waals surface area contributed by atoms with Crippen molar-refractivity contribution in [2.45, 2.75) is 44.3 Å². The Labute approximate surface area is 125 Å². The van der Waals surface area contributed by atoms with Crippen LogP contribution in [0.2, 0.25) is 5.02 Å². The van der Waals surface area contributed by atoms with Crippen molar-refractivity contribution in [3.8, 4) is 11.5 Å². The zero-order valence-electron chi connectivity index (χ0n) is 12.1. The highest BCUT2D eigenvalue weighted by Crippen LogP contribution is 2.34. The van der Waals surface area contributed by atoms with Crippen LogP contribution in [0.25, 0.3) is 0 Å². The van der Waals surface area contributed by atoms with Gasteiger partial charge in [-0.3, -0.25) is 4.90 Å². The van der Waals surface area contributed by atoms with Crippen LogP contribution in [0.4, 0.5) is 0 Å². The second-order valence-electron chi connectivity index (χ2n) is 5.60. The highest BCUT2D eigenvalue weighted by molar-refractivity contribution is 6.30. The van der Waals surface area contributed by atoms with E-state index < -0.39 is 0 Å². The van der Waals surface area contributed by atoms with E-state index in [1.165, 1.54) is 7.11 Å². The summed E-state index contributed by atoms with van der Waals surface area (Å²) in [7, 11) is 3.61. The molecule has 20 heavy (non-hydrogen) atoms. The molecule has 3 N–H and O–H groups in total. The fourth-order valence-electron chi connectivity index (χ4n) is 2.84. The molecule has 0 spiro atoms. The fourth-order valence-corrected chi connectivity index (χ4v) is 3.08. The van der Waals surface area contributed by atoms with E-state index in [9.17, 15) is 5.11 Å². The zero-order chi connectivity index (χ0) is 14.7. The first-order valence-electron chi connectivity index (χ1n) is 7.02. The molecule has 2 rings (SSSR count). The van der Waals surface area contributed by atoms with Crippen molar-refractivity contribution in [2.24, 2.45) is 5.73 Å². The Hall–Kier alpha value is -0.970. The third-order valence-corrected chi connectivity index (χ3v) is 4.34. The maximum Gasteiger partial charge on any atom is 0.162 e. The summed E-state index contributed by atoms with van der Waals surface area (Å²) in [6.07, 6.45) is 4.35. The van der Waals surface area contributed by atoms with Crippen molar-refractivity contribution in [3.05, 3.63) is 22.7 Å². The summed E-state index contributed by atoms with van der Waals surface area (Å²) in [6, 6.07) is 4.28. The molecule has 0 amide bonds. The molecule has 0 heterocycles. The van der Waals surface area contributed by atoms with Gasteiger partial charge >= 0.3 is 0 Å². The van der Waals surface area contributed by atoms with E-state index in [0.29, 0.717) is 29.4 Å². The Bertz CT molecular complexity index is 459. The number of methoxy groups -OCH3 is 1. The first-order chi connectivity index (χ1) is 9.51. The lowest BCUT2D eigenvalue weighted by Gasteiger charge is -2.33. The van der Waals surface area contributed by atoms with Gasteiger partial charge in [0.25, 0.3) is 0 Å². The molecule has 4 nitrogen and oxygen atoms in total. The van der Waals surface area contributed by atoms with Gasteiger partial charge in [0, 0.05) is 35.3 Å². The van der Waals surface area contributed by atoms with E-state index in [4.69, 9.17) is 22.1 Å². The third kappa shape index (κ3) is 3.57. The Morgan fingerprint density at radius 1 is 1.35 bits per heavy atom. The monoisotopic (exact) mass is 298 g/mol. The largest absolute Gasteiger partial charge is 0.504 e. The minimum Gasteiger partial charge on any atom is -0.504 e. The molecule has 0 unspecified atom stereocenters. The number of hydrogen-bond acceptors (Lipinski definition) is 4. The summed E-state index contributed by atoms with van der Waals surface area (Å²) in [5, 5.41) is 10.7. The molecule has 112 valence electrons. The lowest BCUT2D eigenvalue weighted by molar-refractivity contribution is 0.174. The summed E-state index contributed by atoms with van der Waals surface area (Å²) < 4.78 is 5.14. The quantitative estimate of drug-likeness (QED) is 0.897. The van der Waals surface area contributed by atoms with Crippen LogP contribution in [0.1, 0.15) is 31.2 Å². The molecule has 0 bridgehead atoms. The summed E-state index contributed by atoms with van der Waals surface area (Å²) in [5.74, 6) is 0.600. The van der Waals surface area contributed by atoms with Gasteiger partial charge in [0.2, 0.25) is 0 Å². The number of rotatable bonds is 4. The van der Waals surface area contributed by atoms with Crippen molar-refractivity contribution in [1.29, 1.82) is 0 Å². The van der Waals surface area contributed by atoms with Gasteiger partial charge in [0.1, 0.15) is 0 Å². The molecule has 1 aliphatic carbocycles. The van der Waals surface area contributed by atoms with Crippen LogP contribution in [0.15, 0.2) is 12.1 Å². The number of nitrogens with two attached hydrogens (primary N) is 1. The standard InChI is InChI=1S/C15H23ClN2O2/c1-18(13-5-3-12(17)4-6-13)9-10-7-11(16)8-14(20-2)15(10)19/h7-8,12-13,19H,3-6,9,17H2,1-2H3. The highest BCUT2D eigenvalue weighted by Gasteiger charge is 2.23. The van der Waals surface area contributed by atoms with Crippen molar-refractivity contribution < 1.29 is 9.84 Å². The van der Waals surface area contributed by atoms with Crippen LogP contribution in [0.5, 0.6) is 11.5 Å². The summed E-state index contributed by atoms with van der Waals surface area (Å²) >= 11 is 6.06. The maximum atomic E-state index is 10.2. The van der Waals surface area contributed by atoms with E-state index in [0.717, 1.165) is 31.2 Å². The minimum atomic E-state index is 0.177. The van der Waals surface area contributed by atoms with Crippen LogP contribution in [-0.2, 0) is 6.54 Å². The molecule has 0 aromatic heterocycles. The molecule has 1 aromatic rings. The van der Waals surface area contributed by atoms with Gasteiger partial charge in [-0.05, 0) is 38.8 Å². The topological polar surface area (TPSA) is 58.7 Å². The molecular weight excluding hydrogens is 276 g/mol. The Morgan fingerprint density at radius 3 is 2.60 bits per heavy atom. The number of phenolic OH excluding ortho intramolecular Hbond substituents is 1. The van der Waals surface area contributed by atoms with Crippen LogP contribution < -0.4 is 10.5 Å². The molecule has 1 saturated carbocycles. The number of nitrogens with zero attached hydrogens (tertiary/aromatic N) is 1. The van der Waals surface area contributed by atoms with E-state index >= 15 is 0 Å². The SMILES string of the molecule is COc1cc(Cl)cc(CN(C)C2CCC(N)CC2)c1O. The van der Waals surface area contributed by atoms with E-state index in [1.54, 1.807) is 12.1 Å². The zero-order valence-corrected chi connectivity index (χ0v) is 12.9. The minimum absolute atomic E-state index is 0.177. The number of benzene rings is 1. The lowest BCUT2D eigenvalue weighted by atomic mass is 9.91. The second kappa shape index (κ2) is 6.66. The predicted molar refractivity (Wildman–Crippen MR) is 81.4 cm³/mol. The van der Waals surface area contributed by atoms with Crippen LogP contribution in [-0.4, -0.2) is 36.2 Å². The molecule has 1 aromatic carbocycles. The molecular formula is C15H23ClN2O2. The van der Waals surface area contributed by atoms with Crippen molar-refractivity contribution in [3.63, 3.8) is 0 Å². The molecule has 5 heteroatoms. The van der Waals surface area contributed by atoms with E-state index in [-0.39, 0.29) is 5.75 Å². The molecule has 0 aliphatic heterocycles. The summed E-state index contributed by atoms with van der Waals surface area (Å²) in [6.45, 7) is 0.655. The summed E-state index contributed by atoms with van der Waals surface area (Å²) in [5.41, 5.74) is 6.74. The number of halogens is 1. The third-order valence-electron chi connectivity index (χ3n) is 4.12. The van der Waals surface area contributed by atoms with Gasteiger partial charge < -0.3 is 15.6 Å². The molecule has 1 aliphatic rings. The molecule has 0 saturated heterocycles. The molecule has 1 fully saturated rings. The lowest BCUT2D eigenvalue weighted by Crippen LogP contribution is -2.38. The Morgan fingerprint density at radius 2 is 2.00 bits per heavy atom. The molecule has 0 radical (unpaired) electrons. The van der Waals surface area contributed by atoms with E-state index in [2.05, 4.69) is 11.9 Å². The van der Waals surface area contributed by atoms with Crippen molar-refractivity contribution in [2.75, 3.05) is 14.2 Å². The average molecular weight is 299 g/mol. The predicted octanol–water partition coefficient (Wildman–Crippen LogP) is 2.76. The maximum absolute atomic E-state index is 10.2. The van der Waals surface area contributed by atoms with Crippen LogP contribution >= 0.6 is 11.6 Å². The van der Waals surface area contributed by atoms with Crippen molar-refractivity contribution >= 4 is 11.6 Å². The van der Waals surface area contributed by atoms with Gasteiger partial charge in [-0.15, -0.1) is 0 Å². The van der Waals surface area contributed by atoms with Crippen molar-refractivity contribution in [1.82, 2.24) is 4.90 Å². The average Bonchev–Trinajstić information content (AvgIpc) is 2.43. The Balaban J connectivity index is 2.07. The number of hydrogen-bond donors (Lipinski definition) is 2. The van der Waals surface area contributed by atoms with E-state index in [1.807, 2.05) is 0 Å². The van der Waals surface area contributed by atoms with Crippen LogP contribution in [0.3, 0.4) is 0 Å². The van der Waals surface area contributed by atoms with Crippen LogP contribution in [0, 0.1) is 0 Å². The number of aromatic hydroxyl groups is 1. The van der Waals surface area contributed by atoms with Gasteiger partial charge in [0.15, 0.2) is 11.5 Å². The summed E-state index contributed by atoms with van der Waals surface area (Å²) in [4.78, 5) is 2.26. The number of phenols is 1. The van der Waals surface area contributed by atoms with Gasteiger partial charge in [-0.2, -0.15) is 0 Å². The Kier molecular flexibility index (Phi) is 5.13. The van der Waals surface area contributed by atoms with Gasteiger partial charge in [-0.1, -0.05) is 11.6 Å². The first kappa shape index (κ1) is 15.4. The first-order valence-corrected chi connectivity index (χ1v) is 7.40. The number of ether oxygens (including phenoxy) is 1. The van der Waals surface area contributed by atoms with Gasteiger partial charge in [0.05, 0.1) is 7.11 Å². The molecule has 0 atom stereocenters. The highest BCUT2D eigenvalue weighted by atomic mass is 35.5. The second-order valence-corrected chi connectivity index (χ2v) is 6.04. The van der Waals surface area contributed by atoms with Gasteiger partial charge in [-0.25, -0.2) is 0 Å².